The summed E-state index contributed by atoms with van der Waals surface area (Å²) in [5.41, 5.74) is 2.34. The van der Waals surface area contributed by atoms with E-state index in [-0.39, 0.29) is 0 Å². The van der Waals surface area contributed by atoms with Gasteiger partial charge >= 0.3 is 0 Å². The first-order valence-corrected chi connectivity index (χ1v) is 8.31. The highest BCUT2D eigenvalue weighted by Gasteiger charge is 2.17. The van der Waals surface area contributed by atoms with E-state index >= 15 is 0 Å². The van der Waals surface area contributed by atoms with Gasteiger partial charge in [0.05, 0.1) is 17.3 Å². The quantitative estimate of drug-likeness (QED) is 0.863. The van der Waals surface area contributed by atoms with E-state index < -0.39 is 0 Å². The number of ether oxygens (including phenoxy) is 1. The highest BCUT2D eigenvalue weighted by Crippen LogP contribution is 2.29. The summed E-state index contributed by atoms with van der Waals surface area (Å²) in [5.74, 6) is 0.611. The largest absolute Gasteiger partial charge is 0.381 e. The van der Waals surface area contributed by atoms with E-state index in [0.29, 0.717) is 12.0 Å². The van der Waals surface area contributed by atoms with Gasteiger partial charge in [0.25, 0.3) is 0 Å². The fraction of sp³-hybridized carbons (Fsp3) is 0.647. The molecule has 1 N–H and O–H groups in total. The van der Waals surface area contributed by atoms with E-state index in [1.165, 1.54) is 18.4 Å². The van der Waals surface area contributed by atoms with Crippen LogP contribution in [0.2, 0.25) is 5.02 Å². The van der Waals surface area contributed by atoms with Crippen LogP contribution >= 0.6 is 11.6 Å². The molecule has 1 aromatic carbocycles. The molecule has 1 fully saturated rings. The second-order valence-electron chi connectivity index (χ2n) is 5.95. The molecular weight excluding hydrogens is 284 g/mol. The van der Waals surface area contributed by atoms with Gasteiger partial charge < -0.3 is 15.0 Å². The Morgan fingerprint density at radius 2 is 2.29 bits per heavy atom. The third kappa shape index (κ3) is 4.60. The minimum Gasteiger partial charge on any atom is -0.381 e. The maximum absolute atomic E-state index is 6.49. The number of hydrogen-bond donors (Lipinski definition) is 1. The standard InChI is InChI=1S/C17H27ClN2O/c1-4-19-13(2)15-7-8-17(16(18)10-15)20(3)11-14-6-5-9-21-12-14/h7-8,10,13-14,19H,4-6,9,11-12H2,1-3H3. The number of rotatable bonds is 6. The summed E-state index contributed by atoms with van der Waals surface area (Å²) >= 11 is 6.49. The second kappa shape index (κ2) is 8.02. The van der Waals surface area contributed by atoms with Gasteiger partial charge in [-0.25, -0.2) is 0 Å². The van der Waals surface area contributed by atoms with Gasteiger partial charge in [-0.3, -0.25) is 0 Å². The van der Waals surface area contributed by atoms with E-state index in [4.69, 9.17) is 16.3 Å². The number of anilines is 1. The van der Waals surface area contributed by atoms with Crippen LogP contribution in [-0.4, -0.2) is 33.4 Å². The van der Waals surface area contributed by atoms with E-state index in [1.54, 1.807) is 0 Å². The van der Waals surface area contributed by atoms with Gasteiger partial charge in [-0.05, 0) is 49.9 Å². The summed E-state index contributed by atoms with van der Waals surface area (Å²) in [6, 6.07) is 6.72. The molecule has 1 heterocycles. The minimum atomic E-state index is 0.332. The van der Waals surface area contributed by atoms with Crippen molar-refractivity contribution in [2.24, 2.45) is 5.92 Å². The summed E-state index contributed by atoms with van der Waals surface area (Å²) in [4.78, 5) is 2.25. The fourth-order valence-electron chi connectivity index (χ4n) is 2.96. The average Bonchev–Trinajstić information content (AvgIpc) is 2.48. The number of nitrogens with zero attached hydrogens (tertiary/aromatic N) is 1. The van der Waals surface area contributed by atoms with Gasteiger partial charge in [-0.15, -0.1) is 0 Å². The molecule has 21 heavy (non-hydrogen) atoms. The van der Waals surface area contributed by atoms with Gasteiger partial charge in [-0.1, -0.05) is 24.6 Å². The lowest BCUT2D eigenvalue weighted by atomic mass is 10.0. The molecule has 4 heteroatoms. The third-order valence-corrected chi connectivity index (χ3v) is 4.48. The Morgan fingerprint density at radius 1 is 1.48 bits per heavy atom. The molecule has 2 unspecified atom stereocenters. The molecule has 1 aliphatic heterocycles. The van der Waals surface area contributed by atoms with E-state index in [9.17, 15) is 0 Å². The van der Waals surface area contributed by atoms with Crippen LogP contribution in [0.5, 0.6) is 0 Å². The molecule has 2 atom stereocenters. The maximum Gasteiger partial charge on any atom is 0.0642 e. The first kappa shape index (κ1) is 16.6. The Morgan fingerprint density at radius 3 is 2.90 bits per heavy atom. The zero-order valence-electron chi connectivity index (χ0n) is 13.4. The molecule has 1 saturated heterocycles. The van der Waals surface area contributed by atoms with E-state index in [0.717, 1.165) is 37.0 Å². The Bertz CT molecular complexity index is 446. The lowest BCUT2D eigenvalue weighted by Gasteiger charge is -2.29. The van der Waals surface area contributed by atoms with Crippen molar-refractivity contribution in [3.8, 4) is 0 Å². The van der Waals surface area contributed by atoms with Crippen LogP contribution in [-0.2, 0) is 4.74 Å². The zero-order chi connectivity index (χ0) is 15.2. The van der Waals surface area contributed by atoms with Gasteiger partial charge in [0, 0.05) is 26.2 Å². The van der Waals surface area contributed by atoms with Gasteiger partial charge in [-0.2, -0.15) is 0 Å². The van der Waals surface area contributed by atoms with Crippen molar-refractivity contribution in [1.82, 2.24) is 5.32 Å². The zero-order valence-corrected chi connectivity index (χ0v) is 14.1. The van der Waals surface area contributed by atoms with Crippen LogP contribution in [0.15, 0.2) is 18.2 Å². The van der Waals surface area contributed by atoms with Crippen LogP contribution in [0.25, 0.3) is 0 Å². The van der Waals surface area contributed by atoms with E-state index in [2.05, 4.69) is 49.3 Å². The molecule has 0 radical (unpaired) electrons. The highest BCUT2D eigenvalue weighted by atomic mass is 35.5. The van der Waals surface area contributed by atoms with Crippen molar-refractivity contribution < 1.29 is 4.74 Å². The fourth-order valence-corrected chi connectivity index (χ4v) is 3.30. The summed E-state index contributed by atoms with van der Waals surface area (Å²) in [6.07, 6.45) is 2.42. The SMILES string of the molecule is CCNC(C)c1ccc(N(C)CC2CCCOC2)c(Cl)c1. The molecule has 0 bridgehead atoms. The topological polar surface area (TPSA) is 24.5 Å². The van der Waals surface area contributed by atoms with Crippen molar-refractivity contribution in [3.63, 3.8) is 0 Å². The van der Waals surface area contributed by atoms with Gasteiger partial charge in [0.1, 0.15) is 0 Å². The molecule has 1 aliphatic rings. The Kier molecular flexibility index (Phi) is 6.34. The predicted molar refractivity (Wildman–Crippen MR) is 90.4 cm³/mol. The van der Waals surface area contributed by atoms with Crippen molar-refractivity contribution >= 4 is 17.3 Å². The van der Waals surface area contributed by atoms with Gasteiger partial charge in [0.2, 0.25) is 0 Å². The minimum absolute atomic E-state index is 0.332. The molecule has 0 aromatic heterocycles. The molecule has 2 rings (SSSR count). The number of halogens is 1. The number of hydrogen-bond acceptors (Lipinski definition) is 3. The Balaban J connectivity index is 2.01. The summed E-state index contributed by atoms with van der Waals surface area (Å²) < 4.78 is 5.56. The predicted octanol–water partition coefficient (Wildman–Crippen LogP) is 3.87. The molecule has 118 valence electrons. The van der Waals surface area contributed by atoms with Gasteiger partial charge in [0.15, 0.2) is 0 Å². The average molecular weight is 311 g/mol. The van der Waals surface area contributed by atoms with Crippen molar-refractivity contribution in [2.75, 3.05) is 38.3 Å². The van der Waals surface area contributed by atoms with Crippen LogP contribution in [0.1, 0.15) is 38.3 Å². The van der Waals surface area contributed by atoms with Crippen LogP contribution in [0, 0.1) is 5.92 Å². The second-order valence-corrected chi connectivity index (χ2v) is 6.36. The van der Waals surface area contributed by atoms with Crippen molar-refractivity contribution in [2.45, 2.75) is 32.7 Å². The molecule has 0 saturated carbocycles. The van der Waals surface area contributed by atoms with E-state index in [1.807, 2.05) is 0 Å². The van der Waals surface area contributed by atoms with Crippen molar-refractivity contribution in [3.05, 3.63) is 28.8 Å². The first-order chi connectivity index (χ1) is 10.1. The molecule has 1 aromatic rings. The maximum atomic E-state index is 6.49. The normalized spacial score (nSPS) is 20.3. The smallest absolute Gasteiger partial charge is 0.0642 e. The highest BCUT2D eigenvalue weighted by molar-refractivity contribution is 6.33. The Labute approximate surface area is 133 Å². The summed E-state index contributed by atoms with van der Waals surface area (Å²) in [7, 11) is 2.11. The number of benzene rings is 1. The molecule has 0 spiro atoms. The first-order valence-electron chi connectivity index (χ1n) is 7.93. The lowest BCUT2D eigenvalue weighted by molar-refractivity contribution is 0.0576. The molecule has 0 aliphatic carbocycles. The summed E-state index contributed by atoms with van der Waals surface area (Å²) in [5, 5.41) is 4.24. The van der Waals surface area contributed by atoms with Crippen molar-refractivity contribution in [1.29, 1.82) is 0 Å². The molecular formula is C17H27ClN2O. The van der Waals surface area contributed by atoms with Crippen LogP contribution in [0.3, 0.4) is 0 Å². The number of nitrogens with one attached hydrogen (secondary N) is 1. The molecule has 0 amide bonds. The van der Waals surface area contributed by atoms with Crippen LogP contribution in [0.4, 0.5) is 5.69 Å². The third-order valence-electron chi connectivity index (χ3n) is 4.18. The Hall–Kier alpha value is -0.770. The molecule has 3 nitrogen and oxygen atoms in total. The van der Waals surface area contributed by atoms with Crippen LogP contribution < -0.4 is 10.2 Å². The lowest BCUT2D eigenvalue weighted by Crippen LogP contribution is -2.31. The monoisotopic (exact) mass is 310 g/mol. The summed E-state index contributed by atoms with van der Waals surface area (Å²) in [6.45, 7) is 8.03.